The topological polar surface area (TPSA) is 60.9 Å². The largest absolute Gasteiger partial charge is 0.325 e. The average molecular weight is 265 g/mol. The van der Waals surface area contributed by atoms with Crippen LogP contribution in [0.1, 0.15) is 11.3 Å². The molecule has 0 amide bonds. The van der Waals surface area contributed by atoms with Gasteiger partial charge in [0.15, 0.2) is 0 Å². The van der Waals surface area contributed by atoms with Gasteiger partial charge in [0, 0.05) is 24.3 Å². The number of rotatable bonds is 3. The quantitative estimate of drug-likeness (QED) is 0.786. The lowest BCUT2D eigenvalue weighted by atomic mass is 10.1. The molecule has 0 aliphatic carbocycles. The van der Waals surface area contributed by atoms with Crippen molar-refractivity contribution in [2.24, 2.45) is 5.73 Å². The zero-order valence-corrected chi connectivity index (χ0v) is 11.0. The number of aromatic nitrogens is 2. The fourth-order valence-corrected chi connectivity index (χ4v) is 2.34. The molecule has 0 saturated carbocycles. The normalized spacial score (nSPS) is 10.8. The van der Waals surface area contributed by atoms with E-state index in [9.17, 15) is 4.79 Å². The van der Waals surface area contributed by atoms with Crippen LogP contribution in [0.15, 0.2) is 59.7 Å². The molecule has 0 aliphatic rings. The van der Waals surface area contributed by atoms with Gasteiger partial charge < -0.3 is 10.3 Å². The van der Waals surface area contributed by atoms with E-state index in [1.54, 1.807) is 10.8 Å². The lowest BCUT2D eigenvalue weighted by Crippen LogP contribution is -2.21. The van der Waals surface area contributed by atoms with Gasteiger partial charge in [-0.1, -0.05) is 24.3 Å². The van der Waals surface area contributed by atoms with Crippen LogP contribution in [0.2, 0.25) is 0 Å². The number of nitrogens with zero attached hydrogens (tertiary/aromatic N) is 2. The van der Waals surface area contributed by atoms with Gasteiger partial charge >= 0.3 is 0 Å². The van der Waals surface area contributed by atoms with Gasteiger partial charge in [-0.3, -0.25) is 9.78 Å². The maximum Gasteiger partial charge on any atom is 0.258 e. The molecule has 0 unspecified atom stereocenters. The minimum absolute atomic E-state index is 0.00919. The Morgan fingerprint density at radius 3 is 2.80 bits per heavy atom. The average Bonchev–Trinajstić information content (AvgIpc) is 2.51. The Morgan fingerprint density at radius 1 is 1.10 bits per heavy atom. The molecule has 2 N–H and O–H groups in total. The molecule has 3 rings (SSSR count). The smallest absolute Gasteiger partial charge is 0.258 e. The van der Waals surface area contributed by atoms with E-state index in [2.05, 4.69) is 4.98 Å². The van der Waals surface area contributed by atoms with E-state index in [4.69, 9.17) is 5.73 Å². The van der Waals surface area contributed by atoms with E-state index < -0.39 is 0 Å². The summed E-state index contributed by atoms with van der Waals surface area (Å²) >= 11 is 0. The first-order chi connectivity index (χ1) is 9.79. The third kappa shape index (κ3) is 2.21. The lowest BCUT2D eigenvalue weighted by Gasteiger charge is -2.10. The summed E-state index contributed by atoms with van der Waals surface area (Å²) in [5, 5.41) is 1.69. The lowest BCUT2D eigenvalue weighted by molar-refractivity contribution is 0.749. The summed E-state index contributed by atoms with van der Waals surface area (Å²) in [5.41, 5.74) is 7.50. The van der Waals surface area contributed by atoms with Crippen LogP contribution in [0.4, 0.5) is 0 Å². The molecule has 1 aromatic carbocycles. The summed E-state index contributed by atoms with van der Waals surface area (Å²) in [6.45, 7) is 0.864. The molecule has 0 radical (unpaired) electrons. The second-order valence-electron chi connectivity index (χ2n) is 4.65. The Kier molecular flexibility index (Phi) is 3.31. The van der Waals surface area contributed by atoms with Crippen LogP contribution >= 0.6 is 0 Å². The third-order valence-corrected chi connectivity index (χ3v) is 3.40. The van der Waals surface area contributed by atoms with Gasteiger partial charge in [-0.25, -0.2) is 0 Å². The van der Waals surface area contributed by atoms with E-state index in [0.29, 0.717) is 13.1 Å². The van der Waals surface area contributed by atoms with Gasteiger partial charge in [0.1, 0.15) is 0 Å². The Morgan fingerprint density at radius 2 is 1.95 bits per heavy atom. The van der Waals surface area contributed by atoms with Crippen molar-refractivity contribution < 1.29 is 0 Å². The highest BCUT2D eigenvalue weighted by atomic mass is 16.1. The summed E-state index contributed by atoms with van der Waals surface area (Å²) in [5.74, 6) is 0. The van der Waals surface area contributed by atoms with Gasteiger partial charge in [-0.15, -0.1) is 0 Å². The van der Waals surface area contributed by atoms with Crippen molar-refractivity contribution in [3.05, 3.63) is 76.5 Å². The summed E-state index contributed by atoms with van der Waals surface area (Å²) in [4.78, 5) is 16.7. The standard InChI is InChI=1S/C16H15N3O/c17-10-15-13(5-3-8-18-15)11-19-9-7-12-4-1-2-6-14(12)16(19)20/h1-9H,10-11,17H2. The number of fused-ring (bicyclic) bond motifs is 1. The monoisotopic (exact) mass is 265 g/mol. The zero-order chi connectivity index (χ0) is 13.9. The SMILES string of the molecule is NCc1ncccc1Cn1ccc2ccccc2c1=O. The second kappa shape index (κ2) is 5.27. The summed E-state index contributed by atoms with van der Waals surface area (Å²) < 4.78 is 1.69. The van der Waals surface area contributed by atoms with E-state index in [1.165, 1.54) is 0 Å². The highest BCUT2D eigenvalue weighted by Crippen LogP contribution is 2.10. The molecule has 0 aliphatic heterocycles. The molecule has 100 valence electrons. The Hall–Kier alpha value is -2.46. The molecular formula is C16H15N3O. The predicted molar refractivity (Wildman–Crippen MR) is 79.4 cm³/mol. The molecule has 4 nitrogen and oxygen atoms in total. The summed E-state index contributed by atoms with van der Waals surface area (Å²) in [6.07, 6.45) is 3.53. The van der Waals surface area contributed by atoms with Crippen LogP contribution < -0.4 is 11.3 Å². The molecule has 4 heteroatoms. The van der Waals surface area contributed by atoms with Crippen LogP contribution in [0.3, 0.4) is 0 Å². The highest BCUT2D eigenvalue weighted by Gasteiger charge is 2.06. The number of pyridine rings is 2. The van der Waals surface area contributed by atoms with Crippen molar-refractivity contribution in [1.29, 1.82) is 0 Å². The van der Waals surface area contributed by atoms with Crippen molar-refractivity contribution in [3.8, 4) is 0 Å². The number of hydrogen-bond acceptors (Lipinski definition) is 3. The van der Waals surface area contributed by atoms with E-state index >= 15 is 0 Å². The zero-order valence-electron chi connectivity index (χ0n) is 11.0. The first-order valence-electron chi connectivity index (χ1n) is 6.50. The molecule has 20 heavy (non-hydrogen) atoms. The van der Waals surface area contributed by atoms with Crippen molar-refractivity contribution in [3.63, 3.8) is 0 Å². The molecule has 0 spiro atoms. The second-order valence-corrected chi connectivity index (χ2v) is 4.65. The van der Waals surface area contributed by atoms with Crippen LogP contribution in [0, 0.1) is 0 Å². The maximum atomic E-state index is 12.4. The van der Waals surface area contributed by atoms with Crippen LogP contribution in [-0.4, -0.2) is 9.55 Å². The predicted octanol–water partition coefficient (Wildman–Crippen LogP) is 1.90. The van der Waals surface area contributed by atoms with E-state index in [1.807, 2.05) is 48.7 Å². The van der Waals surface area contributed by atoms with Crippen LogP contribution in [0.5, 0.6) is 0 Å². The maximum absolute atomic E-state index is 12.4. The van der Waals surface area contributed by atoms with Crippen molar-refractivity contribution in [1.82, 2.24) is 9.55 Å². The van der Waals surface area contributed by atoms with Crippen molar-refractivity contribution in [2.45, 2.75) is 13.1 Å². The Labute approximate surface area is 116 Å². The molecule has 0 atom stereocenters. The van der Waals surface area contributed by atoms with Crippen molar-refractivity contribution >= 4 is 10.8 Å². The molecule has 2 heterocycles. The summed E-state index contributed by atoms with van der Waals surface area (Å²) in [6, 6.07) is 13.4. The summed E-state index contributed by atoms with van der Waals surface area (Å²) in [7, 11) is 0. The third-order valence-electron chi connectivity index (χ3n) is 3.40. The molecular weight excluding hydrogens is 250 g/mol. The van der Waals surface area contributed by atoms with Gasteiger partial charge in [-0.2, -0.15) is 0 Å². The molecule has 2 aromatic heterocycles. The fourth-order valence-electron chi connectivity index (χ4n) is 2.34. The first-order valence-corrected chi connectivity index (χ1v) is 6.50. The van der Waals surface area contributed by atoms with Gasteiger partial charge in [0.05, 0.1) is 12.2 Å². The van der Waals surface area contributed by atoms with Crippen molar-refractivity contribution in [2.75, 3.05) is 0 Å². The molecule has 0 fully saturated rings. The number of benzene rings is 1. The van der Waals surface area contributed by atoms with E-state index in [-0.39, 0.29) is 5.56 Å². The van der Waals surface area contributed by atoms with Gasteiger partial charge in [0.25, 0.3) is 5.56 Å². The Balaban J connectivity index is 2.07. The first kappa shape index (κ1) is 12.6. The minimum atomic E-state index is 0.00919. The van der Waals surface area contributed by atoms with Crippen LogP contribution in [-0.2, 0) is 13.1 Å². The number of hydrogen-bond donors (Lipinski definition) is 1. The van der Waals surface area contributed by atoms with Crippen LogP contribution in [0.25, 0.3) is 10.8 Å². The molecule has 0 bridgehead atoms. The fraction of sp³-hybridized carbons (Fsp3) is 0.125. The van der Waals surface area contributed by atoms with Gasteiger partial charge in [-0.05, 0) is 29.1 Å². The Bertz CT molecular complexity index is 808. The van der Waals surface area contributed by atoms with E-state index in [0.717, 1.165) is 22.0 Å². The number of nitrogens with two attached hydrogens (primary N) is 1. The minimum Gasteiger partial charge on any atom is -0.325 e. The highest BCUT2D eigenvalue weighted by molar-refractivity contribution is 5.81. The van der Waals surface area contributed by atoms with Gasteiger partial charge in [0.2, 0.25) is 0 Å². The molecule has 3 aromatic rings. The molecule has 0 saturated heterocycles.